The number of carbonyl (C=O) groups excluding carboxylic acids is 1. The van der Waals surface area contributed by atoms with Gasteiger partial charge in [0.1, 0.15) is 9.85 Å². The lowest BCUT2D eigenvalue weighted by Crippen LogP contribution is -2.01. The van der Waals surface area contributed by atoms with Crippen LogP contribution >= 0.6 is 46.3 Å². The summed E-state index contributed by atoms with van der Waals surface area (Å²) in [6.45, 7) is 0. The number of benzene rings is 1. The number of nitrogens with zero attached hydrogens (tertiary/aromatic N) is 1. The Morgan fingerprint density at radius 3 is 2.85 bits per heavy atom. The van der Waals surface area contributed by atoms with Crippen LogP contribution in [0.2, 0.25) is 8.67 Å². The van der Waals surface area contributed by atoms with Gasteiger partial charge in [0.15, 0.2) is 11.4 Å². The molecule has 0 saturated heterocycles. The Hall–Kier alpha value is -1.01. The van der Waals surface area contributed by atoms with Crippen LogP contribution in [0.3, 0.4) is 0 Å². The average Bonchev–Trinajstić information content (AvgIpc) is 2.98. The second kappa shape index (κ2) is 5.77. The zero-order chi connectivity index (χ0) is 14.1. The molecule has 1 aromatic carbocycles. The summed E-state index contributed by atoms with van der Waals surface area (Å²) in [6, 6.07) is 9.05. The van der Waals surface area contributed by atoms with E-state index < -0.39 is 0 Å². The highest BCUT2D eigenvalue weighted by molar-refractivity contribution is 7.99. The van der Waals surface area contributed by atoms with Crippen LogP contribution in [0.15, 0.2) is 40.0 Å². The molecule has 0 N–H and O–H groups in total. The Kier molecular flexibility index (Phi) is 4.03. The van der Waals surface area contributed by atoms with Gasteiger partial charge in [0, 0.05) is 5.56 Å². The van der Waals surface area contributed by atoms with Crippen molar-refractivity contribution in [3.63, 3.8) is 0 Å². The van der Waals surface area contributed by atoms with Crippen molar-refractivity contribution in [3.8, 4) is 0 Å². The lowest BCUT2D eigenvalue weighted by Gasteiger charge is -1.96. The third-order valence-electron chi connectivity index (χ3n) is 2.56. The van der Waals surface area contributed by atoms with Crippen LogP contribution in [0.1, 0.15) is 10.4 Å². The lowest BCUT2D eigenvalue weighted by molar-refractivity contribution is 0.102. The van der Waals surface area contributed by atoms with Crippen molar-refractivity contribution in [1.82, 2.24) is 4.98 Å². The molecule has 3 aromatic rings. The Morgan fingerprint density at radius 2 is 2.15 bits per heavy atom. The number of thiophene rings is 1. The van der Waals surface area contributed by atoms with Crippen LogP contribution in [0.5, 0.6) is 0 Å². The molecule has 0 aliphatic heterocycles. The van der Waals surface area contributed by atoms with E-state index in [-0.39, 0.29) is 11.5 Å². The summed E-state index contributed by atoms with van der Waals surface area (Å²) in [4.78, 5) is 16.3. The summed E-state index contributed by atoms with van der Waals surface area (Å²) in [5.41, 5.74) is 1.93. The quantitative estimate of drug-likeness (QED) is 0.484. The van der Waals surface area contributed by atoms with E-state index in [0.29, 0.717) is 25.0 Å². The van der Waals surface area contributed by atoms with Crippen LogP contribution in [0.4, 0.5) is 0 Å². The number of hydrogen-bond donors (Lipinski definition) is 0. The molecule has 20 heavy (non-hydrogen) atoms. The number of hydrogen-bond acceptors (Lipinski definition) is 5. The van der Waals surface area contributed by atoms with Gasteiger partial charge < -0.3 is 4.42 Å². The first-order valence-corrected chi connectivity index (χ1v) is 8.15. The highest BCUT2D eigenvalue weighted by Gasteiger charge is 2.16. The van der Waals surface area contributed by atoms with E-state index in [0.717, 1.165) is 5.52 Å². The number of oxazole rings is 1. The maximum atomic E-state index is 12.0. The summed E-state index contributed by atoms with van der Waals surface area (Å²) in [7, 11) is 0. The normalized spacial score (nSPS) is 11.1. The summed E-state index contributed by atoms with van der Waals surface area (Å²) >= 11 is 14.2. The number of carbonyl (C=O) groups is 1. The summed E-state index contributed by atoms with van der Waals surface area (Å²) in [5, 5.41) is 0.469. The Balaban J connectivity index is 1.73. The third-order valence-corrected chi connectivity index (χ3v) is 4.87. The van der Waals surface area contributed by atoms with Crippen LogP contribution in [0.25, 0.3) is 11.1 Å². The Bertz CT molecular complexity index is 749. The molecule has 3 rings (SSSR count). The van der Waals surface area contributed by atoms with Gasteiger partial charge >= 0.3 is 0 Å². The number of ketones is 1. The van der Waals surface area contributed by atoms with E-state index in [1.165, 1.54) is 23.1 Å². The van der Waals surface area contributed by atoms with E-state index in [4.69, 9.17) is 27.6 Å². The van der Waals surface area contributed by atoms with Gasteiger partial charge in [-0.05, 0) is 18.2 Å². The molecule has 2 aromatic heterocycles. The van der Waals surface area contributed by atoms with Gasteiger partial charge in [-0.1, -0.05) is 47.1 Å². The van der Waals surface area contributed by atoms with E-state index in [1.807, 2.05) is 24.3 Å². The number of thioether (sulfide) groups is 1. The fraction of sp³-hybridized carbons (Fsp3) is 0.0769. The predicted molar refractivity (Wildman–Crippen MR) is 83.4 cm³/mol. The number of fused-ring (bicyclic) bond motifs is 1. The Morgan fingerprint density at radius 1 is 1.35 bits per heavy atom. The van der Waals surface area contributed by atoms with Gasteiger partial charge in [0.25, 0.3) is 5.22 Å². The zero-order valence-corrected chi connectivity index (χ0v) is 13.1. The van der Waals surface area contributed by atoms with Crippen molar-refractivity contribution in [2.24, 2.45) is 0 Å². The number of para-hydroxylation sites is 2. The topological polar surface area (TPSA) is 43.1 Å². The van der Waals surface area contributed by atoms with Gasteiger partial charge in [-0.2, -0.15) is 0 Å². The molecule has 2 heterocycles. The highest BCUT2D eigenvalue weighted by atomic mass is 35.5. The fourth-order valence-corrected chi connectivity index (χ4v) is 3.87. The molecule has 0 atom stereocenters. The van der Waals surface area contributed by atoms with Crippen molar-refractivity contribution in [3.05, 3.63) is 44.6 Å². The molecule has 0 bridgehead atoms. The summed E-state index contributed by atoms with van der Waals surface area (Å²) < 4.78 is 6.45. The minimum Gasteiger partial charge on any atom is -0.431 e. The van der Waals surface area contributed by atoms with Crippen molar-refractivity contribution < 1.29 is 9.21 Å². The maximum Gasteiger partial charge on any atom is 0.257 e. The van der Waals surface area contributed by atoms with Gasteiger partial charge in [-0.3, -0.25) is 4.79 Å². The van der Waals surface area contributed by atoms with Gasteiger partial charge in [-0.15, -0.1) is 11.3 Å². The van der Waals surface area contributed by atoms with Crippen LogP contribution < -0.4 is 0 Å². The van der Waals surface area contributed by atoms with Crippen molar-refractivity contribution in [1.29, 1.82) is 0 Å². The first kappa shape index (κ1) is 13.9. The second-order valence-electron chi connectivity index (χ2n) is 3.90. The van der Waals surface area contributed by atoms with Crippen LogP contribution in [-0.4, -0.2) is 16.5 Å². The first-order chi connectivity index (χ1) is 9.63. The number of rotatable bonds is 4. The van der Waals surface area contributed by atoms with E-state index in [9.17, 15) is 4.79 Å². The van der Waals surface area contributed by atoms with Crippen LogP contribution in [-0.2, 0) is 0 Å². The van der Waals surface area contributed by atoms with Crippen LogP contribution in [0, 0.1) is 0 Å². The molecule has 0 unspecified atom stereocenters. The zero-order valence-electron chi connectivity index (χ0n) is 9.93. The van der Waals surface area contributed by atoms with Crippen molar-refractivity contribution in [2.45, 2.75) is 5.22 Å². The monoisotopic (exact) mass is 343 g/mol. The molecular formula is C13H7Cl2NO2S2. The maximum absolute atomic E-state index is 12.0. The van der Waals surface area contributed by atoms with E-state index >= 15 is 0 Å². The van der Waals surface area contributed by atoms with Crippen molar-refractivity contribution >= 4 is 63.2 Å². The fourth-order valence-electron chi connectivity index (χ4n) is 1.65. The standard InChI is InChI=1S/C13H7Cl2NO2S2/c14-11-5-7(12(15)20-11)9(17)6-19-13-16-8-3-1-2-4-10(8)18-13/h1-5H,6H2. The van der Waals surface area contributed by atoms with Gasteiger partial charge in [0.2, 0.25) is 0 Å². The molecule has 3 nitrogen and oxygen atoms in total. The first-order valence-electron chi connectivity index (χ1n) is 5.60. The number of Topliss-reactive ketones (excluding diaryl/α,β-unsaturated/α-hetero) is 1. The number of halogens is 2. The molecule has 7 heteroatoms. The van der Waals surface area contributed by atoms with E-state index in [2.05, 4.69) is 4.98 Å². The highest BCUT2D eigenvalue weighted by Crippen LogP contribution is 2.32. The smallest absolute Gasteiger partial charge is 0.257 e. The molecule has 0 radical (unpaired) electrons. The minimum atomic E-state index is -0.0922. The average molecular weight is 344 g/mol. The SMILES string of the molecule is O=C(CSc1nc2ccccc2o1)c1cc(Cl)sc1Cl. The third kappa shape index (κ3) is 2.86. The summed E-state index contributed by atoms with van der Waals surface area (Å²) in [6.07, 6.45) is 0. The molecule has 0 aliphatic rings. The molecule has 0 spiro atoms. The molecule has 0 saturated carbocycles. The van der Waals surface area contributed by atoms with E-state index in [1.54, 1.807) is 6.07 Å². The Labute approximate surface area is 132 Å². The molecule has 0 fully saturated rings. The largest absolute Gasteiger partial charge is 0.431 e. The molecule has 0 amide bonds. The minimum absolute atomic E-state index is 0.0922. The molecule has 102 valence electrons. The second-order valence-corrected chi connectivity index (χ2v) is 7.11. The molecule has 0 aliphatic carbocycles. The predicted octanol–water partition coefficient (Wildman–Crippen LogP) is 5.17. The number of aromatic nitrogens is 1. The lowest BCUT2D eigenvalue weighted by atomic mass is 10.2. The van der Waals surface area contributed by atoms with Gasteiger partial charge in [-0.25, -0.2) is 4.98 Å². The van der Waals surface area contributed by atoms with Crippen molar-refractivity contribution in [2.75, 3.05) is 5.75 Å². The van der Waals surface area contributed by atoms with Gasteiger partial charge in [0.05, 0.1) is 10.1 Å². The molecular weight excluding hydrogens is 337 g/mol. The summed E-state index contributed by atoms with van der Waals surface area (Å²) in [5.74, 6) is 0.116.